The number of hydrogen-bond acceptors (Lipinski definition) is 11. The van der Waals surface area contributed by atoms with Crippen LogP contribution in [0.15, 0.2) is 28.5 Å². The molecule has 0 aromatic heterocycles. The first-order valence-corrected chi connectivity index (χ1v) is 15.7. The zero-order valence-electron chi connectivity index (χ0n) is 28.3. The summed E-state index contributed by atoms with van der Waals surface area (Å²) >= 11 is 0. The van der Waals surface area contributed by atoms with E-state index < -0.39 is 53.6 Å². The molecule has 3 aliphatic heterocycles. The van der Waals surface area contributed by atoms with Gasteiger partial charge in [-0.15, -0.1) is 0 Å². The van der Waals surface area contributed by atoms with Gasteiger partial charge >= 0.3 is 6.09 Å². The smallest absolute Gasteiger partial charge is 0.408 e. The monoisotopic (exact) mass is 649 g/mol. The molecule has 1 aromatic rings. The van der Waals surface area contributed by atoms with E-state index in [0.717, 1.165) is 11.1 Å². The van der Waals surface area contributed by atoms with Gasteiger partial charge in [-0.2, -0.15) is 5.26 Å². The van der Waals surface area contributed by atoms with Crippen LogP contribution in [0.2, 0.25) is 0 Å². The summed E-state index contributed by atoms with van der Waals surface area (Å²) in [5, 5.41) is 27.6. The number of fused-ring (bicyclic) bond motifs is 6. The number of methoxy groups -OCH3 is 2. The van der Waals surface area contributed by atoms with Crippen molar-refractivity contribution in [3.8, 4) is 17.6 Å². The number of benzene rings is 1. The number of hydrogen-bond donors (Lipinski definition) is 3. The lowest BCUT2D eigenvalue weighted by atomic mass is 9.69. The molecule has 3 N–H and O–H groups in total. The van der Waals surface area contributed by atoms with Crippen molar-refractivity contribution in [1.29, 1.82) is 5.26 Å². The topological polar surface area (TPSA) is 171 Å². The standard InChI is InChI=1S/C34H43N5O8/c1-15-10-18-11-20-22(13-35)39-21(26(38(20)7)24(18)28(41)30(15)45-8)12-19-25(29(42)31(46-9)16(2)27(19)40)23(39)14-36-32(43)17(3)37-33(44)47-34(4,5)6/h10,17,20-23,26,41H,11-12,14H2,1-9H3,(H,36,43)(H,37,44)/t17-,20+,21?,22?,23-,26-/m0/s1. The highest BCUT2D eigenvalue weighted by atomic mass is 16.6. The van der Waals surface area contributed by atoms with Crippen LogP contribution in [0.25, 0.3) is 0 Å². The molecule has 1 aromatic carbocycles. The Bertz CT molecular complexity index is 1650. The molecule has 6 atom stereocenters. The molecule has 2 unspecified atom stereocenters. The van der Waals surface area contributed by atoms with Crippen LogP contribution >= 0.6 is 0 Å². The van der Waals surface area contributed by atoms with E-state index >= 15 is 0 Å². The quantitative estimate of drug-likeness (QED) is 0.387. The molecule has 13 nitrogen and oxygen atoms in total. The minimum atomic E-state index is -0.990. The van der Waals surface area contributed by atoms with E-state index in [9.17, 15) is 29.5 Å². The summed E-state index contributed by atoms with van der Waals surface area (Å²) < 4.78 is 16.2. The number of likely N-dealkylation sites (N-methyl/N-ethyl adjacent to an activating group) is 1. The second-order valence-corrected chi connectivity index (χ2v) is 13.7. The van der Waals surface area contributed by atoms with Crippen LogP contribution in [-0.4, -0.2) is 102 Å². The van der Waals surface area contributed by atoms with Crippen LogP contribution in [0.5, 0.6) is 11.5 Å². The predicted octanol–water partition coefficient (Wildman–Crippen LogP) is 2.35. The van der Waals surface area contributed by atoms with E-state index in [4.69, 9.17) is 14.2 Å². The molecule has 2 amide bonds. The maximum absolute atomic E-state index is 14.0. The van der Waals surface area contributed by atoms with E-state index in [-0.39, 0.29) is 47.4 Å². The molecule has 252 valence electrons. The number of piperazine rings is 1. The van der Waals surface area contributed by atoms with Crippen LogP contribution in [0.4, 0.5) is 4.79 Å². The molecule has 13 heteroatoms. The number of ether oxygens (including phenoxy) is 3. The summed E-state index contributed by atoms with van der Waals surface area (Å²) in [6.45, 7) is 9.90. The van der Waals surface area contributed by atoms with Crippen molar-refractivity contribution in [1.82, 2.24) is 20.4 Å². The number of nitriles is 1. The lowest BCUT2D eigenvalue weighted by Crippen LogP contribution is -2.71. The SMILES string of the molecule is COC1=C(C)C(=O)C2=C(C1=O)[C@H](CNC(=O)[C@H](C)NC(=O)OC(C)(C)C)N1C(C#N)[C@H]3Cc4cc(C)c(OC)c(O)c4[C@H](C1C2)N3C. The molecule has 0 saturated carbocycles. The van der Waals surface area contributed by atoms with Crippen molar-refractivity contribution in [3.05, 3.63) is 45.2 Å². The number of ketones is 2. The van der Waals surface area contributed by atoms with Gasteiger partial charge in [0.15, 0.2) is 23.0 Å². The Hall–Kier alpha value is -4.41. The number of allylic oxidation sites excluding steroid dienone is 2. The number of aromatic hydroxyl groups is 1. The highest BCUT2D eigenvalue weighted by molar-refractivity contribution is 6.25. The molecule has 47 heavy (non-hydrogen) atoms. The summed E-state index contributed by atoms with van der Waals surface area (Å²) in [6, 6.07) is 0.472. The van der Waals surface area contributed by atoms with Gasteiger partial charge < -0.3 is 30.0 Å². The Kier molecular flexibility index (Phi) is 8.89. The van der Waals surface area contributed by atoms with Gasteiger partial charge in [0, 0.05) is 40.9 Å². The van der Waals surface area contributed by atoms with E-state index in [1.807, 2.05) is 24.9 Å². The Morgan fingerprint density at radius 3 is 2.40 bits per heavy atom. The lowest BCUT2D eigenvalue weighted by Gasteiger charge is -2.60. The number of carbonyl (C=O) groups excluding carboxylic acids is 4. The Morgan fingerprint density at radius 2 is 1.81 bits per heavy atom. The van der Waals surface area contributed by atoms with Crippen LogP contribution in [0.1, 0.15) is 63.8 Å². The first-order valence-electron chi connectivity index (χ1n) is 15.7. The average molecular weight is 650 g/mol. The van der Waals surface area contributed by atoms with Gasteiger partial charge in [0.2, 0.25) is 11.7 Å². The molecular formula is C34H43N5O8. The minimum Gasteiger partial charge on any atom is -0.504 e. The third-order valence-electron chi connectivity index (χ3n) is 9.66. The number of aryl methyl sites for hydroxylation is 1. The van der Waals surface area contributed by atoms with Gasteiger partial charge in [0.1, 0.15) is 17.7 Å². The number of Topliss-reactive ketones (excluding diaryl/α,β-unsaturated/α-hetero) is 2. The zero-order valence-corrected chi connectivity index (χ0v) is 28.3. The number of phenols is 1. The molecule has 4 aliphatic rings. The number of amides is 2. The summed E-state index contributed by atoms with van der Waals surface area (Å²) in [5.74, 6) is -1.08. The van der Waals surface area contributed by atoms with E-state index in [1.54, 1.807) is 27.7 Å². The Labute approximate surface area is 274 Å². The normalized spacial score (nSPS) is 26.4. The fraction of sp³-hybridized carbons (Fsp3) is 0.559. The van der Waals surface area contributed by atoms with E-state index in [1.165, 1.54) is 21.1 Å². The summed E-state index contributed by atoms with van der Waals surface area (Å²) in [5.41, 5.74) is 2.20. The number of nitrogens with one attached hydrogen (secondary N) is 2. The summed E-state index contributed by atoms with van der Waals surface area (Å²) in [7, 11) is 4.72. The van der Waals surface area contributed by atoms with Gasteiger partial charge in [-0.05, 0) is 72.6 Å². The van der Waals surface area contributed by atoms with Gasteiger partial charge in [-0.1, -0.05) is 6.07 Å². The van der Waals surface area contributed by atoms with Crippen LogP contribution in [0, 0.1) is 18.3 Å². The fourth-order valence-corrected chi connectivity index (χ4v) is 7.71. The second-order valence-electron chi connectivity index (χ2n) is 13.7. The van der Waals surface area contributed by atoms with Gasteiger partial charge in [0.25, 0.3) is 0 Å². The van der Waals surface area contributed by atoms with Crippen LogP contribution in [0.3, 0.4) is 0 Å². The van der Waals surface area contributed by atoms with E-state index in [0.29, 0.717) is 23.3 Å². The molecule has 1 saturated heterocycles. The first-order chi connectivity index (χ1) is 22.1. The van der Waals surface area contributed by atoms with Crippen molar-refractivity contribution in [2.24, 2.45) is 0 Å². The molecule has 1 aliphatic carbocycles. The maximum atomic E-state index is 14.0. The largest absolute Gasteiger partial charge is 0.504 e. The average Bonchev–Trinajstić information content (AvgIpc) is 2.98. The van der Waals surface area contributed by atoms with Crippen molar-refractivity contribution in [2.75, 3.05) is 27.8 Å². The lowest BCUT2D eigenvalue weighted by molar-refractivity contribution is -0.125. The Morgan fingerprint density at radius 1 is 1.13 bits per heavy atom. The molecule has 1 fully saturated rings. The molecule has 0 spiro atoms. The maximum Gasteiger partial charge on any atom is 0.408 e. The Balaban J connectivity index is 1.59. The molecule has 5 rings (SSSR count). The van der Waals surface area contributed by atoms with Gasteiger partial charge in [-0.3, -0.25) is 24.2 Å². The van der Waals surface area contributed by atoms with Gasteiger partial charge in [0.05, 0.1) is 32.4 Å². The molecule has 3 heterocycles. The van der Waals surface area contributed by atoms with Gasteiger partial charge in [-0.25, -0.2) is 4.79 Å². The van der Waals surface area contributed by atoms with Crippen molar-refractivity contribution in [3.63, 3.8) is 0 Å². The van der Waals surface area contributed by atoms with Crippen LogP contribution < -0.4 is 15.4 Å². The summed E-state index contributed by atoms with van der Waals surface area (Å²) in [4.78, 5) is 57.5. The first kappa shape index (κ1) is 33.9. The number of nitrogens with zero attached hydrogens (tertiary/aromatic N) is 3. The van der Waals surface area contributed by atoms with Crippen molar-refractivity contribution in [2.45, 2.75) is 96.2 Å². The number of alkyl carbamates (subject to hydrolysis) is 1. The van der Waals surface area contributed by atoms with Crippen molar-refractivity contribution >= 4 is 23.6 Å². The second kappa shape index (κ2) is 12.3. The highest BCUT2D eigenvalue weighted by Gasteiger charge is 2.58. The van der Waals surface area contributed by atoms with E-state index in [2.05, 4.69) is 21.6 Å². The number of phenolic OH excluding ortho intramolecular Hbond substituents is 1. The highest BCUT2D eigenvalue weighted by Crippen LogP contribution is 2.53. The number of carbonyl (C=O) groups is 4. The summed E-state index contributed by atoms with van der Waals surface area (Å²) in [6.07, 6.45) is -0.189. The fourth-order valence-electron chi connectivity index (χ4n) is 7.71. The predicted molar refractivity (Wildman–Crippen MR) is 169 cm³/mol. The molecule has 0 radical (unpaired) electrons. The molecule has 2 bridgehead atoms. The zero-order chi connectivity index (χ0) is 34.7. The number of rotatable bonds is 6. The molecular weight excluding hydrogens is 606 g/mol. The third kappa shape index (κ3) is 5.63. The van der Waals surface area contributed by atoms with Crippen molar-refractivity contribution < 1.29 is 38.5 Å². The van der Waals surface area contributed by atoms with Crippen LogP contribution in [-0.2, 0) is 30.3 Å². The third-order valence-corrected chi connectivity index (χ3v) is 9.66. The minimum absolute atomic E-state index is 0.00335.